The number of aromatic nitrogens is 3. The summed E-state index contributed by atoms with van der Waals surface area (Å²) >= 11 is 0. The maximum absolute atomic E-state index is 12.2. The van der Waals surface area contributed by atoms with E-state index in [2.05, 4.69) is 15.1 Å². The lowest BCUT2D eigenvalue weighted by molar-refractivity contribution is -0.147. The van der Waals surface area contributed by atoms with Crippen LogP contribution in [0.2, 0.25) is 0 Å². The lowest BCUT2D eigenvalue weighted by atomic mass is 10.00. The van der Waals surface area contributed by atoms with Crippen molar-refractivity contribution in [3.63, 3.8) is 0 Å². The monoisotopic (exact) mass is 341 g/mol. The number of pyridine rings is 1. The maximum atomic E-state index is 12.2. The first-order valence-corrected chi connectivity index (χ1v) is 7.97. The number of likely N-dealkylation sites (tertiary alicyclic amines) is 2. The second kappa shape index (κ2) is 6.08. The number of imide groups is 1. The van der Waals surface area contributed by atoms with Gasteiger partial charge in [0, 0.05) is 43.9 Å². The fourth-order valence-electron chi connectivity index (χ4n) is 2.89. The SMILES string of the molecule is O=C(CN1C(=O)CCC1=O)N1CC(c2nc(-c3cccnc3)no2)C1. The quantitative estimate of drug-likeness (QED) is 0.731. The van der Waals surface area contributed by atoms with Crippen LogP contribution in [-0.4, -0.2) is 62.3 Å². The smallest absolute Gasteiger partial charge is 0.242 e. The molecule has 128 valence electrons. The van der Waals surface area contributed by atoms with Gasteiger partial charge in [-0.2, -0.15) is 4.98 Å². The highest BCUT2D eigenvalue weighted by Gasteiger charge is 2.38. The number of nitrogens with zero attached hydrogens (tertiary/aromatic N) is 5. The molecule has 0 unspecified atom stereocenters. The Morgan fingerprint density at radius 3 is 2.68 bits per heavy atom. The van der Waals surface area contributed by atoms with E-state index in [1.165, 1.54) is 0 Å². The Hall–Kier alpha value is -3.10. The van der Waals surface area contributed by atoms with E-state index in [0.717, 1.165) is 10.5 Å². The van der Waals surface area contributed by atoms with Crippen molar-refractivity contribution in [1.82, 2.24) is 24.9 Å². The van der Waals surface area contributed by atoms with Crippen molar-refractivity contribution in [2.45, 2.75) is 18.8 Å². The fraction of sp³-hybridized carbons (Fsp3) is 0.375. The van der Waals surface area contributed by atoms with E-state index < -0.39 is 0 Å². The van der Waals surface area contributed by atoms with Gasteiger partial charge in [-0.05, 0) is 12.1 Å². The number of amides is 3. The van der Waals surface area contributed by atoms with Crippen LogP contribution in [0.15, 0.2) is 29.0 Å². The molecule has 0 aromatic carbocycles. The molecule has 2 aromatic rings. The molecule has 0 bridgehead atoms. The zero-order chi connectivity index (χ0) is 17.4. The van der Waals surface area contributed by atoms with Crippen molar-refractivity contribution in [2.75, 3.05) is 19.6 Å². The third-order valence-electron chi connectivity index (χ3n) is 4.39. The van der Waals surface area contributed by atoms with Gasteiger partial charge in [-0.25, -0.2) is 0 Å². The van der Waals surface area contributed by atoms with Crippen LogP contribution >= 0.6 is 0 Å². The third-order valence-corrected chi connectivity index (χ3v) is 4.39. The van der Waals surface area contributed by atoms with E-state index in [-0.39, 0.29) is 43.0 Å². The van der Waals surface area contributed by atoms with E-state index in [4.69, 9.17) is 4.52 Å². The van der Waals surface area contributed by atoms with Gasteiger partial charge in [0.05, 0.1) is 5.92 Å². The number of carbonyl (C=O) groups is 3. The highest BCUT2D eigenvalue weighted by Crippen LogP contribution is 2.27. The zero-order valence-electron chi connectivity index (χ0n) is 13.3. The van der Waals surface area contributed by atoms with E-state index >= 15 is 0 Å². The van der Waals surface area contributed by atoms with Crippen LogP contribution in [0.25, 0.3) is 11.4 Å². The first-order chi connectivity index (χ1) is 12.1. The lowest BCUT2D eigenvalue weighted by Gasteiger charge is -2.37. The van der Waals surface area contributed by atoms with Crippen LogP contribution in [0.1, 0.15) is 24.7 Å². The molecule has 0 saturated carbocycles. The van der Waals surface area contributed by atoms with Crippen molar-refractivity contribution < 1.29 is 18.9 Å². The van der Waals surface area contributed by atoms with Crippen molar-refractivity contribution in [2.24, 2.45) is 0 Å². The summed E-state index contributed by atoms with van der Waals surface area (Å²) in [7, 11) is 0. The predicted molar refractivity (Wildman–Crippen MR) is 82.8 cm³/mol. The molecule has 9 nitrogen and oxygen atoms in total. The minimum absolute atomic E-state index is 0.0353. The summed E-state index contributed by atoms with van der Waals surface area (Å²) in [6, 6.07) is 3.62. The molecular formula is C16H15N5O4. The van der Waals surface area contributed by atoms with Crippen LogP contribution in [-0.2, 0) is 14.4 Å². The summed E-state index contributed by atoms with van der Waals surface area (Å²) in [5, 5.41) is 3.94. The highest BCUT2D eigenvalue weighted by molar-refractivity contribution is 6.04. The van der Waals surface area contributed by atoms with Gasteiger partial charge in [0.1, 0.15) is 6.54 Å². The second-order valence-electron chi connectivity index (χ2n) is 6.07. The molecule has 3 amide bonds. The molecule has 25 heavy (non-hydrogen) atoms. The summed E-state index contributed by atoms with van der Waals surface area (Å²) < 4.78 is 5.27. The Morgan fingerprint density at radius 2 is 2.00 bits per heavy atom. The molecule has 0 spiro atoms. The molecule has 0 atom stereocenters. The van der Waals surface area contributed by atoms with E-state index in [1.54, 1.807) is 23.4 Å². The lowest BCUT2D eigenvalue weighted by Crippen LogP contribution is -2.52. The molecule has 0 aliphatic carbocycles. The zero-order valence-corrected chi connectivity index (χ0v) is 13.3. The Kier molecular flexibility index (Phi) is 3.75. The maximum Gasteiger partial charge on any atom is 0.242 e. The molecule has 0 radical (unpaired) electrons. The largest absolute Gasteiger partial charge is 0.339 e. The van der Waals surface area contributed by atoms with Crippen LogP contribution in [0.5, 0.6) is 0 Å². The molecule has 2 saturated heterocycles. The predicted octanol–water partition coefficient (Wildman–Crippen LogP) is 0.206. The highest BCUT2D eigenvalue weighted by atomic mass is 16.5. The topological polar surface area (TPSA) is 110 Å². The summed E-state index contributed by atoms with van der Waals surface area (Å²) in [5.74, 6) is 0.0814. The molecule has 2 aromatic heterocycles. The van der Waals surface area contributed by atoms with Crippen molar-refractivity contribution in [3.05, 3.63) is 30.4 Å². The summed E-state index contributed by atoms with van der Waals surface area (Å²) in [4.78, 5) is 46.3. The Bertz CT molecular complexity index is 812. The standard InChI is InChI=1S/C16H15N5O4/c22-12-3-4-13(23)21(12)9-14(24)20-7-11(8-20)16-18-15(19-25-16)10-2-1-5-17-6-10/h1-2,5-6,11H,3-4,7-9H2. The first-order valence-electron chi connectivity index (χ1n) is 7.97. The molecule has 2 aliphatic rings. The average molecular weight is 341 g/mol. The summed E-state index contributed by atoms with van der Waals surface area (Å²) in [6.07, 6.45) is 3.69. The number of hydrogen-bond donors (Lipinski definition) is 0. The molecule has 4 rings (SSSR count). The number of carbonyl (C=O) groups excluding carboxylic acids is 3. The van der Waals surface area contributed by atoms with E-state index in [1.807, 2.05) is 6.07 Å². The van der Waals surface area contributed by atoms with E-state index in [9.17, 15) is 14.4 Å². The van der Waals surface area contributed by atoms with Gasteiger partial charge in [-0.1, -0.05) is 5.16 Å². The Balaban J connectivity index is 1.34. The third kappa shape index (κ3) is 2.88. The van der Waals surface area contributed by atoms with Crippen molar-refractivity contribution in [1.29, 1.82) is 0 Å². The van der Waals surface area contributed by atoms with Gasteiger partial charge in [-0.15, -0.1) is 0 Å². The minimum atomic E-state index is -0.284. The van der Waals surface area contributed by atoms with Crippen molar-refractivity contribution >= 4 is 17.7 Å². The molecule has 0 N–H and O–H groups in total. The molecular weight excluding hydrogens is 326 g/mol. The van der Waals surface area contributed by atoms with Gasteiger partial charge in [-0.3, -0.25) is 24.3 Å². The number of rotatable bonds is 4. The number of hydrogen-bond acceptors (Lipinski definition) is 7. The summed E-state index contributed by atoms with van der Waals surface area (Å²) in [6.45, 7) is 0.683. The van der Waals surface area contributed by atoms with Gasteiger partial charge in [0.15, 0.2) is 0 Å². The van der Waals surface area contributed by atoms with E-state index in [0.29, 0.717) is 24.8 Å². The fourth-order valence-corrected chi connectivity index (χ4v) is 2.89. The first kappa shape index (κ1) is 15.4. The Morgan fingerprint density at radius 1 is 1.24 bits per heavy atom. The average Bonchev–Trinajstić information content (AvgIpc) is 3.17. The second-order valence-corrected chi connectivity index (χ2v) is 6.07. The van der Waals surface area contributed by atoms with Crippen molar-refractivity contribution in [3.8, 4) is 11.4 Å². The molecule has 2 fully saturated rings. The molecule has 9 heteroatoms. The molecule has 4 heterocycles. The Labute approximate surface area is 142 Å². The van der Waals surface area contributed by atoms with Gasteiger partial charge in [0.25, 0.3) is 0 Å². The molecule has 2 aliphatic heterocycles. The van der Waals surface area contributed by atoms with Gasteiger partial charge >= 0.3 is 0 Å². The van der Waals surface area contributed by atoms with Crippen LogP contribution in [0.3, 0.4) is 0 Å². The van der Waals surface area contributed by atoms with Gasteiger partial charge < -0.3 is 9.42 Å². The van der Waals surface area contributed by atoms with Crippen LogP contribution in [0, 0.1) is 0 Å². The van der Waals surface area contributed by atoms with Gasteiger partial charge in [0.2, 0.25) is 29.4 Å². The van der Waals surface area contributed by atoms with Crippen LogP contribution in [0.4, 0.5) is 0 Å². The normalized spacial score (nSPS) is 17.9. The van der Waals surface area contributed by atoms with Crippen LogP contribution < -0.4 is 0 Å². The summed E-state index contributed by atoms with van der Waals surface area (Å²) in [5.41, 5.74) is 0.760. The minimum Gasteiger partial charge on any atom is -0.339 e.